The monoisotopic (exact) mass is 476 g/mol. The molecule has 2 N–H and O–H groups in total. The fourth-order valence-corrected chi connectivity index (χ4v) is 3.60. The van der Waals surface area contributed by atoms with Gasteiger partial charge in [0.05, 0.1) is 31.2 Å². The molecule has 0 spiro atoms. The molecule has 0 aliphatic heterocycles. The van der Waals surface area contributed by atoms with Crippen LogP contribution in [0.5, 0.6) is 17.2 Å². The van der Waals surface area contributed by atoms with Crippen LogP contribution >= 0.6 is 11.6 Å². The Morgan fingerprint density at radius 1 is 0.706 bits per heavy atom. The van der Waals surface area contributed by atoms with E-state index in [1.165, 1.54) is 20.3 Å². The first-order valence-corrected chi connectivity index (χ1v) is 10.7. The summed E-state index contributed by atoms with van der Waals surface area (Å²) in [5, 5.41) is 7.47. The van der Waals surface area contributed by atoms with Crippen molar-refractivity contribution in [3.63, 3.8) is 0 Å². The molecule has 0 aliphatic carbocycles. The van der Waals surface area contributed by atoms with Crippen LogP contribution in [0.15, 0.2) is 78.9 Å². The first-order chi connectivity index (χ1) is 16.5. The Labute approximate surface area is 201 Å². The number of hydrogen-bond donors (Lipinski definition) is 2. The first kappa shape index (κ1) is 22.9. The lowest BCUT2D eigenvalue weighted by atomic mass is 10.1. The highest BCUT2D eigenvalue weighted by Crippen LogP contribution is 2.31. The summed E-state index contributed by atoms with van der Waals surface area (Å²) in [6.07, 6.45) is -0.804. The van der Waals surface area contributed by atoms with Crippen molar-refractivity contribution in [1.82, 2.24) is 0 Å². The summed E-state index contributed by atoms with van der Waals surface area (Å²) < 4.78 is 16.1. The Kier molecular flexibility index (Phi) is 6.85. The maximum Gasteiger partial charge on any atom is 0.417 e. The van der Waals surface area contributed by atoms with E-state index in [0.29, 0.717) is 27.9 Å². The van der Waals surface area contributed by atoms with E-state index in [1.807, 2.05) is 24.3 Å². The molecule has 4 aromatic carbocycles. The number of ether oxygens (including phenoxy) is 3. The SMILES string of the molecule is COc1ccc(Cl)cc1NC(=O)Oc1cc2ccccc2cc1C(=O)Nc1ccccc1OC. The number of carbonyl (C=O) groups is 2. The number of amides is 2. The number of nitrogens with one attached hydrogen (secondary N) is 2. The average molecular weight is 477 g/mol. The van der Waals surface area contributed by atoms with E-state index < -0.39 is 12.0 Å². The van der Waals surface area contributed by atoms with Gasteiger partial charge in [-0.15, -0.1) is 0 Å². The van der Waals surface area contributed by atoms with E-state index in [2.05, 4.69) is 10.6 Å². The second-order valence-corrected chi connectivity index (χ2v) is 7.65. The zero-order valence-electron chi connectivity index (χ0n) is 18.4. The standard InChI is InChI=1S/C26H21ClN2O5/c1-32-22-10-6-5-9-20(22)28-25(30)19-13-16-7-3-4-8-17(16)14-24(19)34-26(31)29-21-15-18(27)11-12-23(21)33-2/h3-15H,1-2H3,(H,28,30)(H,29,31). The van der Waals surface area contributed by atoms with E-state index >= 15 is 0 Å². The molecule has 0 aliphatic rings. The molecular weight excluding hydrogens is 456 g/mol. The molecular formula is C26H21ClN2O5. The van der Waals surface area contributed by atoms with Gasteiger partial charge in [0.25, 0.3) is 5.91 Å². The summed E-state index contributed by atoms with van der Waals surface area (Å²) in [5.41, 5.74) is 1.00. The van der Waals surface area contributed by atoms with E-state index in [0.717, 1.165) is 10.8 Å². The van der Waals surface area contributed by atoms with Crippen molar-refractivity contribution in [1.29, 1.82) is 0 Å². The average Bonchev–Trinajstić information content (AvgIpc) is 2.84. The molecule has 0 saturated carbocycles. The molecule has 0 fully saturated rings. The Bertz CT molecular complexity index is 1370. The third-order valence-electron chi connectivity index (χ3n) is 5.05. The molecule has 0 radical (unpaired) electrons. The highest BCUT2D eigenvalue weighted by Gasteiger charge is 2.19. The fraction of sp³-hybridized carbons (Fsp3) is 0.0769. The summed E-state index contributed by atoms with van der Waals surface area (Å²) in [6.45, 7) is 0. The molecule has 0 bridgehead atoms. The van der Waals surface area contributed by atoms with Crippen molar-refractivity contribution in [2.24, 2.45) is 0 Å². The van der Waals surface area contributed by atoms with Gasteiger partial charge >= 0.3 is 6.09 Å². The van der Waals surface area contributed by atoms with Gasteiger partial charge in [-0.05, 0) is 53.2 Å². The second kappa shape index (κ2) is 10.1. The molecule has 172 valence electrons. The highest BCUT2D eigenvalue weighted by atomic mass is 35.5. The Morgan fingerprint density at radius 3 is 2.09 bits per heavy atom. The van der Waals surface area contributed by atoms with Crippen LogP contribution in [0.25, 0.3) is 10.8 Å². The van der Waals surface area contributed by atoms with Gasteiger partial charge < -0.3 is 19.5 Å². The molecule has 0 heterocycles. The number of methoxy groups -OCH3 is 2. The minimum Gasteiger partial charge on any atom is -0.495 e. The van der Waals surface area contributed by atoms with Crippen LogP contribution in [0, 0.1) is 0 Å². The largest absolute Gasteiger partial charge is 0.495 e. The van der Waals surface area contributed by atoms with E-state index in [-0.39, 0.29) is 11.3 Å². The van der Waals surface area contributed by atoms with Crippen LogP contribution < -0.4 is 24.8 Å². The Morgan fingerprint density at radius 2 is 1.35 bits per heavy atom. The van der Waals surface area contributed by atoms with Gasteiger partial charge in [0.1, 0.15) is 17.2 Å². The topological polar surface area (TPSA) is 85.9 Å². The Hall–Kier alpha value is -4.23. The van der Waals surface area contributed by atoms with Crippen molar-refractivity contribution in [3.8, 4) is 17.2 Å². The number of benzene rings is 4. The zero-order valence-corrected chi connectivity index (χ0v) is 19.2. The molecule has 7 nitrogen and oxygen atoms in total. The number of hydrogen-bond acceptors (Lipinski definition) is 5. The lowest BCUT2D eigenvalue weighted by Crippen LogP contribution is -2.20. The first-order valence-electron chi connectivity index (χ1n) is 10.3. The number of carbonyl (C=O) groups excluding carboxylic acids is 2. The lowest BCUT2D eigenvalue weighted by Gasteiger charge is -2.15. The van der Waals surface area contributed by atoms with Gasteiger partial charge in [0, 0.05) is 5.02 Å². The smallest absolute Gasteiger partial charge is 0.417 e. The van der Waals surface area contributed by atoms with Gasteiger partial charge in [0.2, 0.25) is 0 Å². The van der Waals surface area contributed by atoms with Crippen molar-refractivity contribution in [2.45, 2.75) is 0 Å². The molecule has 0 unspecified atom stereocenters. The maximum absolute atomic E-state index is 13.2. The predicted octanol–water partition coefficient (Wildman–Crippen LogP) is 6.37. The summed E-state index contributed by atoms with van der Waals surface area (Å²) in [6, 6.07) is 22.6. The summed E-state index contributed by atoms with van der Waals surface area (Å²) in [5.74, 6) is 0.543. The molecule has 4 rings (SSSR count). The third kappa shape index (κ3) is 5.05. The van der Waals surface area contributed by atoms with Crippen LogP contribution in [0.1, 0.15) is 10.4 Å². The number of fused-ring (bicyclic) bond motifs is 1. The molecule has 4 aromatic rings. The quantitative estimate of drug-likeness (QED) is 0.337. The van der Waals surface area contributed by atoms with Crippen molar-refractivity contribution >= 4 is 45.7 Å². The van der Waals surface area contributed by atoms with Crippen LogP contribution in [-0.4, -0.2) is 26.2 Å². The molecule has 0 atom stereocenters. The van der Waals surface area contributed by atoms with Crippen LogP contribution in [0.2, 0.25) is 5.02 Å². The summed E-state index contributed by atoms with van der Waals surface area (Å²) in [7, 11) is 2.99. The molecule has 0 aromatic heterocycles. The normalized spacial score (nSPS) is 10.4. The summed E-state index contributed by atoms with van der Waals surface area (Å²) >= 11 is 6.04. The maximum atomic E-state index is 13.2. The summed E-state index contributed by atoms with van der Waals surface area (Å²) in [4.78, 5) is 26.0. The highest BCUT2D eigenvalue weighted by molar-refractivity contribution is 6.31. The third-order valence-corrected chi connectivity index (χ3v) is 5.28. The number of rotatable bonds is 6. The van der Waals surface area contributed by atoms with E-state index in [4.69, 9.17) is 25.8 Å². The van der Waals surface area contributed by atoms with E-state index in [1.54, 1.807) is 48.5 Å². The van der Waals surface area contributed by atoms with Gasteiger partial charge in [-0.2, -0.15) is 0 Å². The minimum atomic E-state index is -0.804. The lowest BCUT2D eigenvalue weighted by molar-refractivity contribution is 0.102. The molecule has 8 heteroatoms. The second-order valence-electron chi connectivity index (χ2n) is 7.21. The predicted molar refractivity (Wildman–Crippen MR) is 133 cm³/mol. The van der Waals surface area contributed by atoms with Gasteiger partial charge in [-0.1, -0.05) is 48.0 Å². The van der Waals surface area contributed by atoms with Crippen molar-refractivity contribution < 1.29 is 23.8 Å². The van der Waals surface area contributed by atoms with E-state index in [9.17, 15) is 9.59 Å². The van der Waals surface area contributed by atoms with Crippen LogP contribution in [-0.2, 0) is 0 Å². The Balaban J connectivity index is 1.66. The van der Waals surface area contributed by atoms with Gasteiger partial charge in [-0.3, -0.25) is 10.1 Å². The fourth-order valence-electron chi connectivity index (χ4n) is 3.43. The van der Waals surface area contributed by atoms with Crippen LogP contribution in [0.3, 0.4) is 0 Å². The van der Waals surface area contributed by atoms with Gasteiger partial charge in [0.15, 0.2) is 0 Å². The number of para-hydroxylation sites is 2. The number of anilines is 2. The van der Waals surface area contributed by atoms with Crippen LogP contribution in [0.4, 0.5) is 16.2 Å². The number of halogens is 1. The van der Waals surface area contributed by atoms with Gasteiger partial charge in [-0.25, -0.2) is 4.79 Å². The molecule has 0 saturated heterocycles. The molecule has 2 amide bonds. The zero-order chi connectivity index (χ0) is 24.1. The minimum absolute atomic E-state index is 0.0876. The van der Waals surface area contributed by atoms with Crippen molar-refractivity contribution in [3.05, 3.63) is 89.4 Å². The molecule has 34 heavy (non-hydrogen) atoms. The van der Waals surface area contributed by atoms with Crippen molar-refractivity contribution in [2.75, 3.05) is 24.9 Å².